The molecule has 0 spiro atoms. The van der Waals surface area contributed by atoms with Gasteiger partial charge in [0.05, 0.1) is 12.7 Å². The molecule has 2 N–H and O–H groups in total. The van der Waals surface area contributed by atoms with Crippen molar-refractivity contribution in [1.82, 2.24) is 10.2 Å². The highest BCUT2D eigenvalue weighted by Crippen LogP contribution is 2.18. The monoisotopic (exact) mass is 510 g/mol. The topological polar surface area (TPSA) is 109 Å². The molecule has 3 rings (SSSR count). The van der Waals surface area contributed by atoms with Crippen molar-refractivity contribution in [1.29, 1.82) is 0 Å². The Kier molecular flexibility index (Phi) is 11.5. The smallest absolute Gasteiger partial charge is 0.313 e. The molecule has 0 aliphatic rings. The largest absolute Gasteiger partial charge is 0.469 e. The van der Waals surface area contributed by atoms with E-state index < -0.39 is 29.2 Å². The van der Waals surface area contributed by atoms with Crippen LogP contribution in [0.4, 0.5) is 17.6 Å². The molecule has 0 amide bonds. The average molecular weight is 510 g/mol. The minimum absolute atomic E-state index is 0.0771. The van der Waals surface area contributed by atoms with E-state index in [0.717, 1.165) is 0 Å². The highest BCUT2D eigenvalue weighted by Gasteiger charge is 2.14. The summed E-state index contributed by atoms with van der Waals surface area (Å²) in [5, 5.41) is 5.05. The lowest BCUT2D eigenvalue weighted by Gasteiger charge is -2.04. The normalized spacial score (nSPS) is 9.92. The van der Waals surface area contributed by atoms with Crippen LogP contribution in [0.15, 0.2) is 29.1 Å². The molecule has 2 aromatic carbocycles. The van der Waals surface area contributed by atoms with Crippen molar-refractivity contribution in [2.75, 3.05) is 7.11 Å². The molecule has 194 valence electrons. The van der Waals surface area contributed by atoms with Gasteiger partial charge in [-0.25, -0.2) is 17.6 Å². The van der Waals surface area contributed by atoms with Gasteiger partial charge >= 0.3 is 5.97 Å². The molecule has 7 nitrogen and oxygen atoms in total. The summed E-state index contributed by atoms with van der Waals surface area (Å²) in [6, 6.07) is 5.62. The maximum absolute atomic E-state index is 13.6. The summed E-state index contributed by atoms with van der Waals surface area (Å²) in [4.78, 5) is 41.8. The van der Waals surface area contributed by atoms with Crippen molar-refractivity contribution >= 4 is 18.0 Å². The van der Waals surface area contributed by atoms with Gasteiger partial charge in [-0.2, -0.15) is 0 Å². The molecule has 0 aliphatic heterocycles. The Morgan fingerprint density at radius 2 is 1.44 bits per heavy atom. The Bertz CT molecular complexity index is 1300. The number of halogens is 4. The first-order chi connectivity index (χ1) is 16.8. The van der Waals surface area contributed by atoms with Crippen LogP contribution in [0.5, 0.6) is 0 Å². The van der Waals surface area contributed by atoms with Gasteiger partial charge in [0.25, 0.3) is 5.56 Å². The maximum Gasteiger partial charge on any atom is 0.313 e. The Hall–Kier alpha value is -4.02. The van der Waals surface area contributed by atoms with E-state index in [1.165, 1.54) is 52.1 Å². The summed E-state index contributed by atoms with van der Waals surface area (Å²) in [5.41, 5.74) is 1.15. The molecule has 0 aliphatic carbocycles. The van der Waals surface area contributed by atoms with Crippen LogP contribution in [-0.2, 0) is 20.7 Å². The Balaban J connectivity index is 0.000000295. The molecule has 3 aromatic rings. The van der Waals surface area contributed by atoms with Gasteiger partial charge in [0.15, 0.2) is 29.6 Å². The predicted octanol–water partition coefficient (Wildman–Crippen LogP) is 4.41. The summed E-state index contributed by atoms with van der Waals surface area (Å²) in [6.45, 7) is 5.98. The molecular formula is C25H26F4N2O5. The molecule has 0 radical (unpaired) electrons. The average Bonchev–Trinajstić information content (AvgIpc) is 3.15. The van der Waals surface area contributed by atoms with Crippen molar-refractivity contribution in [2.24, 2.45) is 0 Å². The van der Waals surface area contributed by atoms with E-state index in [-0.39, 0.29) is 52.7 Å². The molecule has 0 fully saturated rings. The molecule has 1 aromatic heterocycles. The van der Waals surface area contributed by atoms with Crippen molar-refractivity contribution < 1.29 is 36.7 Å². The van der Waals surface area contributed by atoms with Gasteiger partial charge in [-0.1, -0.05) is 18.2 Å². The lowest BCUT2D eigenvalue weighted by atomic mass is 10.0. The maximum atomic E-state index is 13.6. The number of nitrogens with one attached hydrogen (secondary N) is 2. The van der Waals surface area contributed by atoms with Crippen LogP contribution < -0.4 is 5.56 Å². The number of benzene rings is 2. The number of aryl methyl sites for hydroxylation is 3. The van der Waals surface area contributed by atoms with E-state index in [1.54, 1.807) is 6.92 Å². The third-order valence-corrected chi connectivity index (χ3v) is 4.87. The quantitative estimate of drug-likeness (QED) is 0.229. The number of Topliss-reactive ketones (excluding diaryl/α,β-unsaturated/α-hetero) is 1. The zero-order valence-corrected chi connectivity index (χ0v) is 20.4. The Labute approximate surface area is 204 Å². The molecule has 0 saturated carbocycles. The number of carbonyl (C=O) groups is 3. The standard InChI is InChI=1S/C12H12F2N2O.C8H6F2O.C5H8O3/c1-6-3-4-8(11(14)10(6)13)5-9-7(2)15-16-12(9)17;1-5-2-3-6(4-11)8(10)7(5)9;1-4(6)3-5(7)8-2/h3-4H,5H2,1-2H3,(H2,15,16,17);2-4H,1H3;3H2,1-2H3. The van der Waals surface area contributed by atoms with Crippen LogP contribution in [0.3, 0.4) is 0 Å². The summed E-state index contributed by atoms with van der Waals surface area (Å²) in [5.74, 6) is -4.40. The van der Waals surface area contributed by atoms with Crippen LogP contribution in [-0.4, -0.2) is 35.3 Å². The third-order valence-electron chi connectivity index (χ3n) is 4.87. The molecule has 0 unspecified atom stereocenters. The van der Waals surface area contributed by atoms with Crippen molar-refractivity contribution in [3.63, 3.8) is 0 Å². The second kappa shape index (κ2) is 13.8. The van der Waals surface area contributed by atoms with Gasteiger partial charge in [0.1, 0.15) is 12.2 Å². The number of ketones is 1. The first-order valence-electron chi connectivity index (χ1n) is 10.5. The van der Waals surface area contributed by atoms with E-state index in [9.17, 15) is 36.7 Å². The van der Waals surface area contributed by atoms with Crippen molar-refractivity contribution in [3.05, 3.63) is 91.4 Å². The molecule has 11 heteroatoms. The number of carbonyl (C=O) groups excluding carboxylic acids is 3. The highest BCUT2D eigenvalue weighted by atomic mass is 19.2. The van der Waals surface area contributed by atoms with E-state index in [0.29, 0.717) is 11.3 Å². The number of aromatic amines is 2. The number of rotatable bonds is 5. The van der Waals surface area contributed by atoms with Gasteiger partial charge in [0.2, 0.25) is 0 Å². The number of aldehydes is 1. The highest BCUT2D eigenvalue weighted by molar-refractivity contribution is 5.93. The van der Waals surface area contributed by atoms with Gasteiger partial charge in [-0.3, -0.25) is 24.3 Å². The Morgan fingerprint density at radius 3 is 1.89 bits per heavy atom. The second-order valence-corrected chi connectivity index (χ2v) is 7.70. The summed E-state index contributed by atoms with van der Waals surface area (Å²) >= 11 is 0. The zero-order chi connectivity index (χ0) is 27.6. The number of hydrogen-bond acceptors (Lipinski definition) is 5. The van der Waals surface area contributed by atoms with E-state index >= 15 is 0 Å². The van der Waals surface area contributed by atoms with E-state index in [1.807, 2.05) is 0 Å². The molecule has 0 bridgehead atoms. The lowest BCUT2D eigenvalue weighted by Crippen LogP contribution is -2.08. The number of H-pyrrole nitrogens is 2. The van der Waals surface area contributed by atoms with E-state index in [4.69, 9.17) is 0 Å². The SMILES string of the molecule is COC(=O)CC(C)=O.Cc1ccc(C=O)c(F)c1F.Cc1ccc(Cc2c(C)[nH][nH]c2=O)c(F)c1F. The van der Waals surface area contributed by atoms with Gasteiger partial charge in [-0.15, -0.1) is 0 Å². The number of methoxy groups -OCH3 is 1. The lowest BCUT2D eigenvalue weighted by molar-refractivity contribution is -0.142. The van der Waals surface area contributed by atoms with Crippen LogP contribution in [0.25, 0.3) is 0 Å². The van der Waals surface area contributed by atoms with Crippen LogP contribution >= 0.6 is 0 Å². The molecule has 0 saturated heterocycles. The summed E-state index contributed by atoms with van der Waals surface area (Å²) in [6.07, 6.45) is 0.252. The van der Waals surface area contributed by atoms with Crippen LogP contribution in [0.2, 0.25) is 0 Å². The molecular weight excluding hydrogens is 484 g/mol. The van der Waals surface area contributed by atoms with Crippen molar-refractivity contribution in [2.45, 2.75) is 40.5 Å². The predicted molar refractivity (Wildman–Crippen MR) is 124 cm³/mol. The summed E-state index contributed by atoms with van der Waals surface area (Å²) < 4.78 is 56.5. The fourth-order valence-corrected chi connectivity index (χ4v) is 2.72. The molecule has 1 heterocycles. The zero-order valence-electron chi connectivity index (χ0n) is 20.4. The number of ether oxygens (including phenoxy) is 1. The number of esters is 1. The Morgan fingerprint density at radius 1 is 0.889 bits per heavy atom. The fourth-order valence-electron chi connectivity index (χ4n) is 2.72. The van der Waals surface area contributed by atoms with Crippen molar-refractivity contribution in [3.8, 4) is 0 Å². The fraction of sp³-hybridized carbons (Fsp3) is 0.280. The van der Waals surface area contributed by atoms with Crippen LogP contribution in [0.1, 0.15) is 51.7 Å². The third kappa shape index (κ3) is 8.33. The number of hydrogen-bond donors (Lipinski definition) is 2. The first-order valence-corrected chi connectivity index (χ1v) is 10.5. The minimum atomic E-state index is -1.07. The van der Waals surface area contributed by atoms with Gasteiger partial charge < -0.3 is 9.84 Å². The van der Waals surface area contributed by atoms with Gasteiger partial charge in [0, 0.05) is 17.7 Å². The number of aromatic nitrogens is 2. The minimum Gasteiger partial charge on any atom is -0.469 e. The van der Waals surface area contributed by atoms with Crippen LogP contribution in [0, 0.1) is 44.0 Å². The first kappa shape index (κ1) is 30.0. The molecule has 0 atom stereocenters. The van der Waals surface area contributed by atoms with Gasteiger partial charge in [-0.05, 0) is 50.5 Å². The van der Waals surface area contributed by atoms with E-state index in [2.05, 4.69) is 14.9 Å². The molecule has 36 heavy (non-hydrogen) atoms. The summed E-state index contributed by atoms with van der Waals surface area (Å²) in [7, 11) is 1.26. The second-order valence-electron chi connectivity index (χ2n) is 7.70.